The molecular weight excluding hydrogens is 254 g/mol. The molecule has 0 saturated carbocycles. The van der Waals surface area contributed by atoms with E-state index in [-0.39, 0.29) is 0 Å². The molecule has 4 heteroatoms. The van der Waals surface area contributed by atoms with Gasteiger partial charge in [-0.05, 0) is 46.1 Å². The van der Waals surface area contributed by atoms with E-state index in [1.165, 1.54) is 35.0 Å². The van der Waals surface area contributed by atoms with Crippen molar-refractivity contribution in [1.29, 1.82) is 0 Å². The lowest BCUT2D eigenvalue weighted by atomic mass is 9.98. The number of nitrogens with zero attached hydrogens (tertiary/aromatic N) is 2. The maximum Gasteiger partial charge on any atom is 0.186 e. The minimum atomic E-state index is 0.460. The van der Waals surface area contributed by atoms with E-state index in [1.807, 2.05) is 18.4 Å². The summed E-state index contributed by atoms with van der Waals surface area (Å²) in [6, 6.07) is 0.977. The van der Waals surface area contributed by atoms with E-state index in [2.05, 4.69) is 37.9 Å². The Labute approximate surface area is 121 Å². The fourth-order valence-electron chi connectivity index (χ4n) is 2.71. The van der Waals surface area contributed by atoms with Crippen molar-refractivity contribution in [3.8, 4) is 0 Å². The lowest BCUT2D eigenvalue weighted by molar-refractivity contribution is 0.488. The number of anilines is 1. The molecule has 1 aliphatic carbocycles. The average molecular weight is 281 g/mol. The summed E-state index contributed by atoms with van der Waals surface area (Å²) in [4.78, 5) is 8.91. The third-order valence-corrected chi connectivity index (χ3v) is 4.89. The van der Waals surface area contributed by atoms with Crippen molar-refractivity contribution < 1.29 is 0 Å². The van der Waals surface area contributed by atoms with Gasteiger partial charge in [0.25, 0.3) is 0 Å². The molecule has 19 heavy (non-hydrogen) atoms. The summed E-state index contributed by atoms with van der Waals surface area (Å²) in [6.07, 6.45) is 3.71. The molecule has 0 fully saturated rings. The largest absolute Gasteiger partial charge is 0.345 e. The third-order valence-electron chi connectivity index (χ3n) is 3.72. The van der Waals surface area contributed by atoms with Gasteiger partial charge in [0.05, 0.1) is 11.7 Å². The highest BCUT2D eigenvalue weighted by atomic mass is 32.1. The van der Waals surface area contributed by atoms with Gasteiger partial charge in [-0.1, -0.05) is 13.8 Å². The normalized spacial score (nSPS) is 19.0. The third kappa shape index (κ3) is 3.29. The first-order valence-electron chi connectivity index (χ1n) is 7.46. The molecule has 1 aromatic heterocycles. The van der Waals surface area contributed by atoms with Crippen LogP contribution in [-0.4, -0.2) is 24.6 Å². The molecule has 1 unspecified atom stereocenters. The van der Waals surface area contributed by atoms with Crippen molar-refractivity contribution in [3.05, 3.63) is 10.6 Å². The predicted molar refractivity (Wildman–Crippen MR) is 84.2 cm³/mol. The van der Waals surface area contributed by atoms with E-state index < -0.39 is 0 Å². The molecule has 0 aliphatic heterocycles. The molecular formula is C15H27N3S. The smallest absolute Gasteiger partial charge is 0.186 e. The molecule has 1 aromatic rings. The zero-order chi connectivity index (χ0) is 14.0. The van der Waals surface area contributed by atoms with E-state index >= 15 is 0 Å². The fraction of sp³-hybridized carbons (Fsp3) is 0.800. The van der Waals surface area contributed by atoms with Crippen LogP contribution in [0.1, 0.15) is 57.1 Å². The van der Waals surface area contributed by atoms with Crippen molar-refractivity contribution in [3.63, 3.8) is 0 Å². The monoisotopic (exact) mass is 281 g/mol. The summed E-state index contributed by atoms with van der Waals surface area (Å²) >= 11 is 1.91. The van der Waals surface area contributed by atoms with Crippen LogP contribution >= 0.6 is 11.3 Å². The summed E-state index contributed by atoms with van der Waals surface area (Å²) in [5, 5.41) is 4.63. The van der Waals surface area contributed by atoms with Gasteiger partial charge in [0.2, 0.25) is 0 Å². The minimum Gasteiger partial charge on any atom is -0.345 e. The van der Waals surface area contributed by atoms with Crippen LogP contribution in [0.25, 0.3) is 0 Å². The Morgan fingerprint density at radius 1 is 1.37 bits per heavy atom. The number of thiazole rings is 1. The molecule has 0 saturated heterocycles. The summed E-state index contributed by atoms with van der Waals surface area (Å²) in [5.41, 5.74) is 1.31. The average Bonchev–Trinajstić information content (AvgIpc) is 2.78. The Bertz CT molecular complexity index is 412. The van der Waals surface area contributed by atoms with Crippen LogP contribution in [0.2, 0.25) is 0 Å². The predicted octanol–water partition coefficient (Wildman–Crippen LogP) is 3.61. The summed E-state index contributed by atoms with van der Waals surface area (Å²) in [7, 11) is 2.05. The van der Waals surface area contributed by atoms with Crippen molar-refractivity contribution in [2.24, 2.45) is 5.92 Å². The van der Waals surface area contributed by atoms with Gasteiger partial charge in [-0.2, -0.15) is 0 Å². The van der Waals surface area contributed by atoms with Crippen molar-refractivity contribution >= 4 is 16.5 Å². The number of fused-ring (bicyclic) bond motifs is 1. The first-order chi connectivity index (χ1) is 9.02. The standard InChI is InChI=1S/C15H27N3S/c1-10(2)9-18(11(3)4)15-17-14-12(16-5)7-6-8-13(14)19-15/h10-12,16H,6-9H2,1-5H3. The summed E-state index contributed by atoms with van der Waals surface area (Å²) in [6.45, 7) is 10.2. The van der Waals surface area contributed by atoms with Gasteiger partial charge >= 0.3 is 0 Å². The topological polar surface area (TPSA) is 28.2 Å². The van der Waals surface area contributed by atoms with Crippen molar-refractivity contribution in [2.45, 2.75) is 59.0 Å². The van der Waals surface area contributed by atoms with Crippen LogP contribution in [0.3, 0.4) is 0 Å². The molecule has 108 valence electrons. The molecule has 1 atom stereocenters. The molecule has 3 nitrogen and oxygen atoms in total. The Kier molecular flexibility index (Phi) is 4.85. The van der Waals surface area contributed by atoms with Crippen molar-refractivity contribution in [2.75, 3.05) is 18.5 Å². The van der Waals surface area contributed by atoms with E-state index in [9.17, 15) is 0 Å². The van der Waals surface area contributed by atoms with Gasteiger partial charge in [-0.15, -0.1) is 11.3 Å². The van der Waals surface area contributed by atoms with E-state index in [1.54, 1.807) is 0 Å². The van der Waals surface area contributed by atoms with Crippen LogP contribution in [0.5, 0.6) is 0 Å². The molecule has 1 heterocycles. The first-order valence-corrected chi connectivity index (χ1v) is 8.28. The van der Waals surface area contributed by atoms with Crippen LogP contribution in [0.15, 0.2) is 0 Å². The zero-order valence-electron chi connectivity index (χ0n) is 12.9. The highest BCUT2D eigenvalue weighted by Gasteiger charge is 2.26. The molecule has 0 spiro atoms. The van der Waals surface area contributed by atoms with Crippen LogP contribution in [-0.2, 0) is 6.42 Å². The highest BCUT2D eigenvalue weighted by molar-refractivity contribution is 7.15. The van der Waals surface area contributed by atoms with Gasteiger partial charge in [0, 0.05) is 17.5 Å². The van der Waals surface area contributed by atoms with Gasteiger partial charge in [-0.3, -0.25) is 0 Å². The van der Waals surface area contributed by atoms with Gasteiger partial charge in [0.15, 0.2) is 5.13 Å². The number of nitrogens with one attached hydrogen (secondary N) is 1. The van der Waals surface area contributed by atoms with E-state index in [4.69, 9.17) is 4.98 Å². The number of hydrogen-bond acceptors (Lipinski definition) is 4. The van der Waals surface area contributed by atoms with Gasteiger partial charge < -0.3 is 10.2 Å². The quantitative estimate of drug-likeness (QED) is 0.893. The first kappa shape index (κ1) is 14.8. The molecule has 0 radical (unpaired) electrons. The summed E-state index contributed by atoms with van der Waals surface area (Å²) in [5.74, 6) is 0.670. The lowest BCUT2D eigenvalue weighted by Crippen LogP contribution is -2.34. The number of aromatic nitrogens is 1. The molecule has 2 rings (SSSR count). The maximum absolute atomic E-state index is 4.96. The second kappa shape index (κ2) is 6.23. The lowest BCUT2D eigenvalue weighted by Gasteiger charge is -2.28. The molecule has 0 amide bonds. The zero-order valence-corrected chi connectivity index (χ0v) is 13.7. The van der Waals surface area contributed by atoms with Crippen LogP contribution < -0.4 is 10.2 Å². The molecule has 0 bridgehead atoms. The van der Waals surface area contributed by atoms with Gasteiger partial charge in [0.1, 0.15) is 0 Å². The Morgan fingerprint density at radius 2 is 2.11 bits per heavy atom. The fourth-order valence-corrected chi connectivity index (χ4v) is 4.02. The number of hydrogen-bond donors (Lipinski definition) is 1. The second-order valence-corrected chi connectivity index (χ2v) is 7.24. The Morgan fingerprint density at radius 3 is 2.68 bits per heavy atom. The van der Waals surface area contributed by atoms with Crippen molar-refractivity contribution in [1.82, 2.24) is 10.3 Å². The van der Waals surface area contributed by atoms with E-state index in [0.29, 0.717) is 18.0 Å². The van der Waals surface area contributed by atoms with Gasteiger partial charge in [-0.25, -0.2) is 4.98 Å². The second-order valence-electron chi connectivity index (χ2n) is 6.18. The van der Waals surface area contributed by atoms with Crippen LogP contribution in [0, 0.1) is 5.92 Å². The Hall–Kier alpha value is -0.610. The number of aryl methyl sites for hydroxylation is 1. The molecule has 1 N–H and O–H groups in total. The highest BCUT2D eigenvalue weighted by Crippen LogP contribution is 2.37. The minimum absolute atomic E-state index is 0.460. The number of rotatable bonds is 5. The molecule has 1 aliphatic rings. The van der Waals surface area contributed by atoms with Crippen LogP contribution in [0.4, 0.5) is 5.13 Å². The maximum atomic E-state index is 4.96. The molecule has 0 aromatic carbocycles. The summed E-state index contributed by atoms with van der Waals surface area (Å²) < 4.78 is 0. The van der Waals surface area contributed by atoms with E-state index in [0.717, 1.165) is 6.54 Å². The SMILES string of the molecule is CNC1CCCc2sc(N(CC(C)C)C(C)C)nc21. The Balaban J connectivity index is 2.26.